The lowest BCUT2D eigenvalue weighted by Crippen LogP contribution is -2.46. The van der Waals surface area contributed by atoms with E-state index in [1.54, 1.807) is 11.1 Å². The second-order valence-corrected chi connectivity index (χ2v) is 8.44. The highest BCUT2D eigenvalue weighted by Crippen LogP contribution is 2.65. The van der Waals surface area contributed by atoms with Crippen molar-refractivity contribution in [1.29, 1.82) is 0 Å². The van der Waals surface area contributed by atoms with Crippen LogP contribution in [0.2, 0.25) is 0 Å². The molecule has 0 N–H and O–H groups in total. The lowest BCUT2D eigenvalue weighted by Gasteiger charge is -2.54. The third-order valence-electron chi connectivity index (χ3n) is 7.35. The summed E-state index contributed by atoms with van der Waals surface area (Å²) in [6.07, 6.45) is 15.3. The third kappa shape index (κ3) is 1.52. The van der Waals surface area contributed by atoms with Crippen molar-refractivity contribution in [3.05, 3.63) is 23.3 Å². The van der Waals surface area contributed by atoms with Crippen molar-refractivity contribution in [3.8, 4) is 0 Å². The minimum atomic E-state index is 0.497. The third-order valence-corrected chi connectivity index (χ3v) is 7.35. The molecule has 0 saturated heterocycles. The van der Waals surface area contributed by atoms with E-state index in [2.05, 4.69) is 32.9 Å². The van der Waals surface area contributed by atoms with E-state index in [0.29, 0.717) is 10.8 Å². The average molecular weight is 256 g/mol. The van der Waals surface area contributed by atoms with Gasteiger partial charge in [-0.15, -0.1) is 0 Å². The van der Waals surface area contributed by atoms with Gasteiger partial charge < -0.3 is 0 Å². The smallest absolute Gasteiger partial charge is 0.00103 e. The minimum Gasteiger partial charge on any atom is -0.0804 e. The van der Waals surface area contributed by atoms with E-state index in [-0.39, 0.29) is 0 Å². The number of hydrogen-bond acceptors (Lipinski definition) is 0. The first-order valence-electron chi connectivity index (χ1n) is 8.41. The Morgan fingerprint density at radius 2 is 1.95 bits per heavy atom. The highest BCUT2D eigenvalue weighted by Gasteiger charge is 2.55. The summed E-state index contributed by atoms with van der Waals surface area (Å²) in [5.41, 5.74) is 4.50. The Bertz CT molecular complexity index is 468. The molecule has 5 atom stereocenters. The summed E-state index contributed by atoms with van der Waals surface area (Å²) in [5.74, 6) is 2.99. The molecular formula is C19H28. The quantitative estimate of drug-likeness (QED) is 0.536. The van der Waals surface area contributed by atoms with Crippen molar-refractivity contribution in [2.45, 2.75) is 65.7 Å². The molecule has 104 valence electrons. The first-order valence-corrected chi connectivity index (χ1v) is 8.41. The molecule has 0 aliphatic heterocycles. The van der Waals surface area contributed by atoms with Crippen LogP contribution < -0.4 is 0 Å². The number of fused-ring (bicyclic) bond motifs is 5. The standard InChI is InChI=1S/C19H28/c1-13-11-14-6-7-15-16-5-4-9-18(16,2)10-8-17(15)19(14,3)12-13/h6,11,15-17H,4-5,7-10,12H2,1-3H3. The van der Waals surface area contributed by atoms with Crippen LogP contribution >= 0.6 is 0 Å². The molecule has 5 unspecified atom stereocenters. The average Bonchev–Trinajstić information content (AvgIpc) is 2.87. The molecule has 0 nitrogen and oxygen atoms in total. The Morgan fingerprint density at radius 1 is 1.11 bits per heavy atom. The van der Waals surface area contributed by atoms with Crippen molar-refractivity contribution in [2.75, 3.05) is 0 Å². The predicted molar refractivity (Wildman–Crippen MR) is 80.8 cm³/mol. The van der Waals surface area contributed by atoms with Crippen molar-refractivity contribution >= 4 is 0 Å². The fourth-order valence-corrected chi connectivity index (χ4v) is 6.46. The van der Waals surface area contributed by atoms with E-state index in [0.717, 1.165) is 17.8 Å². The Balaban J connectivity index is 1.71. The zero-order chi connectivity index (χ0) is 13.3. The lowest BCUT2D eigenvalue weighted by atomic mass is 9.50. The summed E-state index contributed by atoms with van der Waals surface area (Å²) >= 11 is 0. The van der Waals surface area contributed by atoms with Gasteiger partial charge >= 0.3 is 0 Å². The van der Waals surface area contributed by atoms with Crippen molar-refractivity contribution in [2.24, 2.45) is 28.6 Å². The minimum absolute atomic E-state index is 0.497. The largest absolute Gasteiger partial charge is 0.0804 e. The van der Waals surface area contributed by atoms with Gasteiger partial charge in [-0.2, -0.15) is 0 Å². The Labute approximate surface area is 118 Å². The lowest BCUT2D eigenvalue weighted by molar-refractivity contribution is -0.0120. The van der Waals surface area contributed by atoms with Gasteiger partial charge in [0, 0.05) is 0 Å². The molecule has 0 aromatic rings. The van der Waals surface area contributed by atoms with Gasteiger partial charge in [0.2, 0.25) is 0 Å². The van der Waals surface area contributed by atoms with Gasteiger partial charge in [-0.3, -0.25) is 0 Å². The predicted octanol–water partition coefficient (Wildman–Crippen LogP) is 5.51. The van der Waals surface area contributed by atoms with Gasteiger partial charge in [-0.05, 0) is 79.6 Å². The van der Waals surface area contributed by atoms with Crippen LogP contribution in [0, 0.1) is 28.6 Å². The zero-order valence-corrected chi connectivity index (χ0v) is 12.8. The first-order chi connectivity index (χ1) is 9.03. The fraction of sp³-hybridized carbons (Fsp3) is 0.789. The Hall–Kier alpha value is -0.520. The molecule has 4 aliphatic carbocycles. The summed E-state index contributed by atoms with van der Waals surface area (Å²) < 4.78 is 0. The van der Waals surface area contributed by atoms with E-state index in [4.69, 9.17) is 0 Å². The molecule has 0 aromatic carbocycles. The van der Waals surface area contributed by atoms with E-state index < -0.39 is 0 Å². The van der Waals surface area contributed by atoms with Gasteiger partial charge in [-0.1, -0.05) is 38.0 Å². The van der Waals surface area contributed by atoms with Crippen molar-refractivity contribution < 1.29 is 0 Å². The molecule has 0 radical (unpaired) electrons. The maximum Gasteiger partial charge on any atom is -0.00103 e. The first kappa shape index (κ1) is 12.2. The SMILES string of the molecule is CC1=CC2=CCC3C4CCCC4(C)CCC3C2(C)C1. The van der Waals surface area contributed by atoms with Crippen LogP contribution in [0.25, 0.3) is 0 Å². The molecule has 0 amide bonds. The molecule has 4 rings (SSSR count). The monoisotopic (exact) mass is 256 g/mol. The highest BCUT2D eigenvalue weighted by molar-refractivity contribution is 5.40. The van der Waals surface area contributed by atoms with Crippen LogP contribution in [0.5, 0.6) is 0 Å². The maximum absolute atomic E-state index is 2.61. The van der Waals surface area contributed by atoms with Crippen molar-refractivity contribution in [1.82, 2.24) is 0 Å². The molecule has 0 heterocycles. The van der Waals surface area contributed by atoms with Gasteiger partial charge in [0.15, 0.2) is 0 Å². The van der Waals surface area contributed by atoms with Gasteiger partial charge in [-0.25, -0.2) is 0 Å². The van der Waals surface area contributed by atoms with Crippen molar-refractivity contribution in [3.63, 3.8) is 0 Å². The van der Waals surface area contributed by atoms with E-state index in [1.165, 1.54) is 44.9 Å². The summed E-state index contributed by atoms with van der Waals surface area (Å²) in [5, 5.41) is 0. The number of allylic oxidation sites excluding steroid dienone is 4. The van der Waals surface area contributed by atoms with E-state index in [9.17, 15) is 0 Å². The normalized spacial score (nSPS) is 52.1. The molecule has 2 saturated carbocycles. The molecule has 0 bridgehead atoms. The second kappa shape index (κ2) is 3.77. The topological polar surface area (TPSA) is 0 Å². The Kier molecular flexibility index (Phi) is 2.43. The molecule has 4 aliphatic rings. The number of rotatable bonds is 0. The zero-order valence-electron chi connectivity index (χ0n) is 12.8. The molecule has 0 spiro atoms. The molecule has 2 fully saturated rings. The summed E-state index contributed by atoms with van der Waals surface area (Å²) in [6.45, 7) is 7.50. The fourth-order valence-electron chi connectivity index (χ4n) is 6.46. The maximum atomic E-state index is 2.61. The molecule has 0 aromatic heterocycles. The van der Waals surface area contributed by atoms with E-state index >= 15 is 0 Å². The highest BCUT2D eigenvalue weighted by atomic mass is 14.6. The van der Waals surface area contributed by atoms with Gasteiger partial charge in [0.1, 0.15) is 0 Å². The Morgan fingerprint density at radius 3 is 2.79 bits per heavy atom. The molecule has 0 heteroatoms. The van der Waals surface area contributed by atoms with E-state index in [1.807, 2.05) is 0 Å². The molecular weight excluding hydrogens is 228 g/mol. The number of hydrogen-bond donors (Lipinski definition) is 0. The van der Waals surface area contributed by atoms with Crippen LogP contribution in [-0.4, -0.2) is 0 Å². The summed E-state index contributed by atoms with van der Waals surface area (Å²) in [4.78, 5) is 0. The van der Waals surface area contributed by atoms with Crippen LogP contribution in [-0.2, 0) is 0 Å². The molecule has 19 heavy (non-hydrogen) atoms. The van der Waals surface area contributed by atoms with Crippen LogP contribution in [0.3, 0.4) is 0 Å². The van der Waals surface area contributed by atoms with Crippen LogP contribution in [0.15, 0.2) is 23.3 Å². The summed E-state index contributed by atoms with van der Waals surface area (Å²) in [7, 11) is 0. The second-order valence-electron chi connectivity index (χ2n) is 8.44. The van der Waals surface area contributed by atoms with Crippen LogP contribution in [0.1, 0.15) is 65.7 Å². The van der Waals surface area contributed by atoms with Crippen LogP contribution in [0.4, 0.5) is 0 Å². The summed E-state index contributed by atoms with van der Waals surface area (Å²) in [6, 6.07) is 0. The van der Waals surface area contributed by atoms with Gasteiger partial charge in [0.25, 0.3) is 0 Å². The van der Waals surface area contributed by atoms with Gasteiger partial charge in [0.05, 0.1) is 0 Å².